The number of hydrogen-bond acceptors (Lipinski definition) is 1. The largest absolute Gasteiger partial charge is 0.497 e. The van der Waals surface area contributed by atoms with E-state index in [4.69, 9.17) is 4.74 Å². The second kappa shape index (κ2) is 3.90. The van der Waals surface area contributed by atoms with Gasteiger partial charge in [0.1, 0.15) is 5.75 Å². The molecule has 0 amide bonds. The van der Waals surface area contributed by atoms with Crippen LogP contribution in [0.2, 0.25) is 0 Å². The summed E-state index contributed by atoms with van der Waals surface area (Å²) >= 11 is 0. The summed E-state index contributed by atoms with van der Waals surface area (Å²) in [5.74, 6) is 0.462. The predicted octanol–water partition coefficient (Wildman–Crippen LogP) is 3.11. The Morgan fingerprint density at radius 2 is 1.86 bits per heavy atom. The van der Waals surface area contributed by atoms with Gasteiger partial charge in [0.2, 0.25) is 0 Å². The number of halogens is 3. The van der Waals surface area contributed by atoms with Crippen LogP contribution in [0.3, 0.4) is 0 Å². The van der Waals surface area contributed by atoms with Crippen LogP contribution in [0.1, 0.15) is 11.1 Å². The van der Waals surface area contributed by atoms with Gasteiger partial charge in [-0.25, -0.2) is 0 Å². The minimum Gasteiger partial charge on any atom is -0.497 e. The third-order valence-corrected chi connectivity index (χ3v) is 1.75. The molecule has 0 heterocycles. The molecule has 0 fully saturated rings. The van der Waals surface area contributed by atoms with Gasteiger partial charge in [-0.1, -0.05) is 6.07 Å². The van der Waals surface area contributed by atoms with E-state index in [1.165, 1.54) is 19.2 Å². The summed E-state index contributed by atoms with van der Waals surface area (Å²) in [4.78, 5) is 0. The summed E-state index contributed by atoms with van der Waals surface area (Å²) in [6.07, 6.45) is -5.08. The Balaban J connectivity index is 2.92. The first-order valence-corrected chi connectivity index (χ1v) is 4.12. The van der Waals surface area contributed by atoms with Crippen LogP contribution in [0.15, 0.2) is 18.2 Å². The maximum Gasteiger partial charge on any atom is 0.393 e. The Morgan fingerprint density at radius 3 is 2.36 bits per heavy atom. The van der Waals surface area contributed by atoms with Crippen molar-refractivity contribution in [3.8, 4) is 5.75 Å². The molecule has 0 spiro atoms. The zero-order valence-electron chi connectivity index (χ0n) is 7.98. The third kappa shape index (κ3) is 3.28. The molecule has 0 aliphatic rings. The maximum absolute atomic E-state index is 12.1. The molecule has 0 N–H and O–H groups in total. The summed E-state index contributed by atoms with van der Waals surface area (Å²) in [5.41, 5.74) is 0.998. The molecule has 1 rings (SSSR count). The highest BCUT2D eigenvalue weighted by atomic mass is 19.4. The SMILES string of the molecule is COc1cc(C)cc(CC(F)(F)F)c1. The smallest absolute Gasteiger partial charge is 0.393 e. The van der Waals surface area contributed by atoms with Crippen molar-refractivity contribution >= 4 is 0 Å². The van der Waals surface area contributed by atoms with Crippen LogP contribution in [-0.2, 0) is 6.42 Å². The molecule has 0 bridgehead atoms. The second-order valence-electron chi connectivity index (χ2n) is 3.15. The highest BCUT2D eigenvalue weighted by molar-refractivity contribution is 5.34. The normalized spacial score (nSPS) is 11.5. The van der Waals surface area contributed by atoms with Gasteiger partial charge in [0.05, 0.1) is 13.5 Å². The van der Waals surface area contributed by atoms with E-state index in [0.717, 1.165) is 5.56 Å². The van der Waals surface area contributed by atoms with E-state index in [2.05, 4.69) is 0 Å². The van der Waals surface area contributed by atoms with Crippen molar-refractivity contribution in [3.63, 3.8) is 0 Å². The molecule has 0 saturated carbocycles. The quantitative estimate of drug-likeness (QED) is 0.719. The summed E-state index contributed by atoms with van der Waals surface area (Å²) in [6.45, 7) is 1.74. The average Bonchev–Trinajstić information content (AvgIpc) is 1.99. The van der Waals surface area contributed by atoms with Gasteiger partial charge in [0, 0.05) is 0 Å². The van der Waals surface area contributed by atoms with Crippen molar-refractivity contribution in [1.29, 1.82) is 0 Å². The first-order valence-electron chi connectivity index (χ1n) is 4.12. The first kappa shape index (κ1) is 10.9. The van der Waals surface area contributed by atoms with Crippen LogP contribution in [0.5, 0.6) is 5.75 Å². The summed E-state index contributed by atoms with van der Waals surface area (Å²) in [5, 5.41) is 0. The monoisotopic (exact) mass is 204 g/mol. The van der Waals surface area contributed by atoms with Crippen LogP contribution < -0.4 is 4.74 Å². The molecule has 1 nitrogen and oxygen atoms in total. The van der Waals surface area contributed by atoms with Gasteiger partial charge >= 0.3 is 6.18 Å². The Bertz CT molecular complexity index is 318. The minimum absolute atomic E-state index is 0.231. The molecule has 0 atom stereocenters. The predicted molar refractivity (Wildman–Crippen MR) is 47.5 cm³/mol. The molecular weight excluding hydrogens is 193 g/mol. The van der Waals surface area contributed by atoms with Gasteiger partial charge in [-0.2, -0.15) is 13.2 Å². The third-order valence-electron chi connectivity index (χ3n) is 1.75. The average molecular weight is 204 g/mol. The lowest BCUT2D eigenvalue weighted by Gasteiger charge is -2.09. The van der Waals surface area contributed by atoms with Crippen molar-refractivity contribution in [2.75, 3.05) is 7.11 Å². The molecule has 1 aromatic carbocycles. The Morgan fingerprint density at radius 1 is 1.21 bits per heavy atom. The molecule has 14 heavy (non-hydrogen) atoms. The van der Waals surface area contributed by atoms with E-state index in [0.29, 0.717) is 5.75 Å². The van der Waals surface area contributed by atoms with E-state index < -0.39 is 12.6 Å². The molecule has 4 heteroatoms. The highest BCUT2D eigenvalue weighted by Crippen LogP contribution is 2.24. The Labute approximate surface area is 80.5 Å². The molecule has 0 radical (unpaired) electrons. The fourth-order valence-electron chi connectivity index (χ4n) is 1.28. The summed E-state index contributed by atoms with van der Waals surface area (Å²) in [7, 11) is 1.44. The first-order chi connectivity index (χ1) is 6.40. The van der Waals surface area contributed by atoms with E-state index in [1.807, 2.05) is 0 Å². The van der Waals surface area contributed by atoms with Gasteiger partial charge in [-0.3, -0.25) is 0 Å². The molecule has 0 aliphatic heterocycles. The van der Waals surface area contributed by atoms with Gasteiger partial charge in [-0.05, 0) is 30.2 Å². The Kier molecular flexibility index (Phi) is 3.03. The number of ether oxygens (including phenoxy) is 1. The molecule has 0 aromatic heterocycles. The van der Waals surface area contributed by atoms with Crippen LogP contribution >= 0.6 is 0 Å². The molecule has 0 saturated heterocycles. The summed E-state index contributed by atoms with van der Waals surface area (Å²) in [6, 6.07) is 4.61. The number of hydrogen-bond donors (Lipinski definition) is 0. The van der Waals surface area contributed by atoms with Crippen molar-refractivity contribution in [3.05, 3.63) is 29.3 Å². The van der Waals surface area contributed by atoms with Gasteiger partial charge < -0.3 is 4.74 Å². The number of alkyl halides is 3. The number of benzene rings is 1. The van der Waals surface area contributed by atoms with Crippen LogP contribution in [0.25, 0.3) is 0 Å². The standard InChI is InChI=1S/C10H11F3O/c1-7-3-8(6-10(11,12)13)5-9(4-7)14-2/h3-5H,6H2,1-2H3. The van der Waals surface area contributed by atoms with Crippen molar-refractivity contribution in [2.45, 2.75) is 19.5 Å². The van der Waals surface area contributed by atoms with E-state index >= 15 is 0 Å². The maximum atomic E-state index is 12.1. The number of aryl methyl sites for hydroxylation is 1. The highest BCUT2D eigenvalue weighted by Gasteiger charge is 2.27. The van der Waals surface area contributed by atoms with E-state index in [9.17, 15) is 13.2 Å². The van der Waals surface area contributed by atoms with Crippen LogP contribution in [0.4, 0.5) is 13.2 Å². The fraction of sp³-hybridized carbons (Fsp3) is 0.400. The summed E-state index contributed by atoms with van der Waals surface area (Å²) < 4.78 is 41.1. The lowest BCUT2D eigenvalue weighted by Crippen LogP contribution is -2.11. The zero-order valence-corrected chi connectivity index (χ0v) is 7.98. The fourth-order valence-corrected chi connectivity index (χ4v) is 1.28. The van der Waals surface area contributed by atoms with Gasteiger partial charge in [0.15, 0.2) is 0 Å². The van der Waals surface area contributed by atoms with Crippen molar-refractivity contribution < 1.29 is 17.9 Å². The zero-order chi connectivity index (χ0) is 10.8. The molecule has 1 aromatic rings. The number of rotatable bonds is 2. The molecular formula is C10H11F3O. The second-order valence-corrected chi connectivity index (χ2v) is 3.15. The van der Waals surface area contributed by atoms with Gasteiger partial charge in [-0.15, -0.1) is 0 Å². The van der Waals surface area contributed by atoms with E-state index in [1.54, 1.807) is 13.0 Å². The lowest BCUT2D eigenvalue weighted by atomic mass is 10.1. The van der Waals surface area contributed by atoms with E-state index in [-0.39, 0.29) is 5.56 Å². The van der Waals surface area contributed by atoms with Gasteiger partial charge in [0.25, 0.3) is 0 Å². The molecule has 78 valence electrons. The van der Waals surface area contributed by atoms with Crippen molar-refractivity contribution in [2.24, 2.45) is 0 Å². The van der Waals surface area contributed by atoms with Crippen LogP contribution in [0, 0.1) is 6.92 Å². The number of methoxy groups -OCH3 is 1. The molecule has 0 unspecified atom stereocenters. The Hall–Kier alpha value is -1.19. The lowest BCUT2D eigenvalue weighted by molar-refractivity contribution is -0.127. The molecule has 0 aliphatic carbocycles. The minimum atomic E-state index is -4.17. The van der Waals surface area contributed by atoms with Crippen molar-refractivity contribution in [1.82, 2.24) is 0 Å². The topological polar surface area (TPSA) is 9.23 Å². The van der Waals surface area contributed by atoms with Crippen LogP contribution in [-0.4, -0.2) is 13.3 Å².